The van der Waals surface area contributed by atoms with Gasteiger partial charge in [-0.15, -0.1) is 0 Å². The average Bonchev–Trinajstić information content (AvgIpc) is 2.30. The summed E-state index contributed by atoms with van der Waals surface area (Å²) in [4.78, 5) is 0. The Labute approximate surface area is 121 Å². The number of nitrogens with one attached hydrogen (secondary N) is 1. The molecule has 1 aromatic carbocycles. The van der Waals surface area contributed by atoms with Crippen LogP contribution in [-0.2, 0) is 6.42 Å². The summed E-state index contributed by atoms with van der Waals surface area (Å²) < 4.78 is 0. The van der Waals surface area contributed by atoms with E-state index in [1.54, 1.807) is 0 Å². The molecular formula is C15H23Cl2N. The van der Waals surface area contributed by atoms with Crippen LogP contribution in [-0.4, -0.2) is 12.6 Å². The molecule has 1 rings (SSSR count). The molecule has 0 spiro atoms. The number of hydrogen-bond donors (Lipinski definition) is 1. The topological polar surface area (TPSA) is 12.0 Å². The second-order valence-corrected chi connectivity index (χ2v) is 6.05. The normalized spacial score (nSPS) is 13.0. The molecule has 0 saturated heterocycles. The van der Waals surface area contributed by atoms with Gasteiger partial charge in [-0.05, 0) is 49.4 Å². The maximum atomic E-state index is 6.06. The van der Waals surface area contributed by atoms with Crippen molar-refractivity contribution in [2.24, 2.45) is 5.92 Å². The van der Waals surface area contributed by atoms with Crippen molar-refractivity contribution >= 4 is 23.2 Å². The maximum absolute atomic E-state index is 6.06. The lowest BCUT2D eigenvalue weighted by atomic mass is 9.97. The minimum absolute atomic E-state index is 0.516. The summed E-state index contributed by atoms with van der Waals surface area (Å²) in [6.45, 7) is 7.78. The molecular weight excluding hydrogens is 265 g/mol. The fourth-order valence-electron chi connectivity index (χ4n) is 2.11. The van der Waals surface area contributed by atoms with Crippen molar-refractivity contribution in [1.82, 2.24) is 5.32 Å². The largest absolute Gasteiger partial charge is 0.314 e. The number of halogens is 2. The summed E-state index contributed by atoms with van der Waals surface area (Å²) in [5.41, 5.74) is 1.25. The van der Waals surface area contributed by atoms with Crippen molar-refractivity contribution in [3.8, 4) is 0 Å². The van der Waals surface area contributed by atoms with Crippen LogP contribution in [0.5, 0.6) is 0 Å². The van der Waals surface area contributed by atoms with Crippen LogP contribution in [0.2, 0.25) is 10.0 Å². The van der Waals surface area contributed by atoms with E-state index in [2.05, 4.69) is 32.2 Å². The van der Waals surface area contributed by atoms with Gasteiger partial charge in [-0.25, -0.2) is 0 Å². The first-order chi connectivity index (χ1) is 8.52. The maximum Gasteiger partial charge on any atom is 0.0595 e. The molecule has 0 fully saturated rings. The van der Waals surface area contributed by atoms with E-state index < -0.39 is 0 Å². The van der Waals surface area contributed by atoms with Crippen LogP contribution in [0.4, 0.5) is 0 Å². The fraction of sp³-hybridized carbons (Fsp3) is 0.600. The Kier molecular flexibility index (Phi) is 7.06. The first kappa shape index (κ1) is 15.8. The lowest BCUT2D eigenvalue weighted by Crippen LogP contribution is -2.33. The zero-order valence-electron chi connectivity index (χ0n) is 11.5. The van der Waals surface area contributed by atoms with Crippen molar-refractivity contribution in [3.05, 3.63) is 33.8 Å². The van der Waals surface area contributed by atoms with Crippen LogP contribution in [0.15, 0.2) is 18.2 Å². The molecule has 0 amide bonds. The summed E-state index contributed by atoms with van der Waals surface area (Å²) in [6.07, 6.45) is 3.35. The number of benzene rings is 1. The summed E-state index contributed by atoms with van der Waals surface area (Å²) in [5, 5.41) is 4.88. The molecule has 1 N–H and O–H groups in total. The molecule has 18 heavy (non-hydrogen) atoms. The highest BCUT2D eigenvalue weighted by molar-refractivity contribution is 6.42. The predicted molar refractivity (Wildman–Crippen MR) is 81.7 cm³/mol. The second-order valence-electron chi connectivity index (χ2n) is 5.23. The predicted octanol–water partition coefficient (Wildman–Crippen LogP) is 4.95. The van der Waals surface area contributed by atoms with Crippen LogP contribution < -0.4 is 5.32 Å². The second kappa shape index (κ2) is 8.04. The minimum atomic E-state index is 0.516. The molecule has 1 aromatic rings. The molecule has 0 bridgehead atoms. The van der Waals surface area contributed by atoms with Crippen LogP contribution >= 0.6 is 23.2 Å². The van der Waals surface area contributed by atoms with E-state index in [1.807, 2.05) is 12.1 Å². The Bertz CT molecular complexity index is 364. The van der Waals surface area contributed by atoms with Gasteiger partial charge in [0.1, 0.15) is 0 Å². The molecule has 0 heterocycles. The Morgan fingerprint density at radius 1 is 1.17 bits per heavy atom. The molecule has 0 aliphatic carbocycles. The van der Waals surface area contributed by atoms with Crippen molar-refractivity contribution in [1.29, 1.82) is 0 Å². The zero-order valence-corrected chi connectivity index (χ0v) is 13.0. The fourth-order valence-corrected chi connectivity index (χ4v) is 2.43. The third-order valence-corrected chi connectivity index (χ3v) is 3.64. The van der Waals surface area contributed by atoms with Gasteiger partial charge in [0.25, 0.3) is 0 Å². The van der Waals surface area contributed by atoms with E-state index >= 15 is 0 Å². The van der Waals surface area contributed by atoms with E-state index in [9.17, 15) is 0 Å². The standard InChI is InChI=1S/C15H23Cl2N/c1-4-7-18-13(8-11(2)3)9-12-5-6-14(16)15(17)10-12/h5-6,10-11,13,18H,4,7-9H2,1-3H3. The molecule has 0 saturated carbocycles. The highest BCUT2D eigenvalue weighted by atomic mass is 35.5. The van der Waals surface area contributed by atoms with Gasteiger partial charge in [0.2, 0.25) is 0 Å². The van der Waals surface area contributed by atoms with Gasteiger partial charge in [0.15, 0.2) is 0 Å². The van der Waals surface area contributed by atoms with E-state index in [0.29, 0.717) is 22.0 Å². The molecule has 1 nitrogen and oxygen atoms in total. The lowest BCUT2D eigenvalue weighted by Gasteiger charge is -2.20. The average molecular weight is 288 g/mol. The summed E-state index contributed by atoms with van der Waals surface area (Å²) >= 11 is 12.0. The van der Waals surface area contributed by atoms with E-state index in [1.165, 1.54) is 12.0 Å². The zero-order chi connectivity index (χ0) is 13.5. The first-order valence-electron chi connectivity index (χ1n) is 6.70. The van der Waals surface area contributed by atoms with E-state index in [4.69, 9.17) is 23.2 Å². The number of hydrogen-bond acceptors (Lipinski definition) is 1. The van der Waals surface area contributed by atoms with Crippen molar-refractivity contribution in [2.45, 2.75) is 46.1 Å². The van der Waals surface area contributed by atoms with Crippen molar-refractivity contribution in [3.63, 3.8) is 0 Å². The molecule has 3 heteroatoms. The Balaban J connectivity index is 2.65. The smallest absolute Gasteiger partial charge is 0.0595 e. The molecule has 0 aromatic heterocycles. The highest BCUT2D eigenvalue weighted by Crippen LogP contribution is 2.23. The van der Waals surface area contributed by atoms with Crippen molar-refractivity contribution in [2.75, 3.05) is 6.54 Å². The van der Waals surface area contributed by atoms with Gasteiger partial charge < -0.3 is 5.32 Å². The van der Waals surface area contributed by atoms with Gasteiger partial charge in [0.05, 0.1) is 10.0 Å². The molecule has 0 aliphatic heterocycles. The van der Waals surface area contributed by atoms with E-state index in [0.717, 1.165) is 19.4 Å². The minimum Gasteiger partial charge on any atom is -0.314 e. The van der Waals surface area contributed by atoms with Gasteiger partial charge in [0, 0.05) is 6.04 Å². The lowest BCUT2D eigenvalue weighted by molar-refractivity contribution is 0.416. The highest BCUT2D eigenvalue weighted by Gasteiger charge is 2.11. The SMILES string of the molecule is CCCNC(Cc1ccc(Cl)c(Cl)c1)CC(C)C. The van der Waals surface area contributed by atoms with Crippen LogP contribution in [0.25, 0.3) is 0 Å². The summed E-state index contributed by atoms with van der Waals surface area (Å²) in [6, 6.07) is 6.44. The van der Waals surface area contributed by atoms with Gasteiger partial charge in [-0.1, -0.05) is 50.0 Å². The quantitative estimate of drug-likeness (QED) is 0.748. The third kappa shape index (κ3) is 5.60. The molecule has 0 radical (unpaired) electrons. The van der Waals surface area contributed by atoms with Gasteiger partial charge >= 0.3 is 0 Å². The molecule has 102 valence electrons. The monoisotopic (exact) mass is 287 g/mol. The van der Waals surface area contributed by atoms with E-state index in [-0.39, 0.29) is 0 Å². The Hall–Kier alpha value is -0.240. The van der Waals surface area contributed by atoms with Gasteiger partial charge in [-0.3, -0.25) is 0 Å². The molecule has 1 unspecified atom stereocenters. The Morgan fingerprint density at radius 2 is 1.89 bits per heavy atom. The van der Waals surface area contributed by atoms with Crippen LogP contribution in [0.3, 0.4) is 0 Å². The summed E-state index contributed by atoms with van der Waals surface area (Å²) in [7, 11) is 0. The van der Waals surface area contributed by atoms with Crippen molar-refractivity contribution < 1.29 is 0 Å². The van der Waals surface area contributed by atoms with Gasteiger partial charge in [-0.2, -0.15) is 0 Å². The number of rotatable bonds is 7. The van der Waals surface area contributed by atoms with Crippen LogP contribution in [0.1, 0.15) is 39.2 Å². The molecule has 1 atom stereocenters. The Morgan fingerprint density at radius 3 is 2.44 bits per heavy atom. The third-order valence-electron chi connectivity index (χ3n) is 2.91. The van der Waals surface area contributed by atoms with Crippen LogP contribution in [0, 0.1) is 5.92 Å². The summed E-state index contributed by atoms with van der Waals surface area (Å²) in [5.74, 6) is 0.696. The molecule has 0 aliphatic rings. The first-order valence-corrected chi connectivity index (χ1v) is 7.45.